The summed E-state index contributed by atoms with van der Waals surface area (Å²) in [5, 5.41) is 13.1. The van der Waals surface area contributed by atoms with Crippen LogP contribution in [0, 0.1) is 12.7 Å². The van der Waals surface area contributed by atoms with Gasteiger partial charge in [-0.05, 0) is 24.6 Å². The third-order valence-corrected chi connectivity index (χ3v) is 3.67. The number of nitrogens with one attached hydrogen (secondary N) is 1. The maximum atomic E-state index is 13.5. The summed E-state index contributed by atoms with van der Waals surface area (Å²) in [6.07, 6.45) is -5.49. The molecule has 0 saturated carbocycles. The lowest BCUT2D eigenvalue weighted by atomic mass is 9.97. The lowest BCUT2D eigenvalue weighted by Gasteiger charge is -2.36. The van der Waals surface area contributed by atoms with E-state index in [9.17, 15) is 22.7 Å². The Morgan fingerprint density at radius 2 is 1.86 bits per heavy atom. The quantitative estimate of drug-likeness (QED) is 0.828. The first kappa shape index (κ1) is 19.0. The van der Waals surface area contributed by atoms with Crippen LogP contribution in [0.3, 0.4) is 0 Å². The molecule has 1 atom stereocenters. The molecule has 22 heavy (non-hydrogen) atoms. The molecule has 2 rings (SSSR count). The molecule has 0 amide bonds. The topological polar surface area (TPSA) is 35.5 Å². The Morgan fingerprint density at radius 3 is 2.41 bits per heavy atom. The summed E-state index contributed by atoms with van der Waals surface area (Å²) in [7, 11) is 0. The van der Waals surface area contributed by atoms with Gasteiger partial charge in [0.15, 0.2) is 0 Å². The van der Waals surface area contributed by atoms with Gasteiger partial charge in [0.2, 0.25) is 0 Å². The van der Waals surface area contributed by atoms with Crippen molar-refractivity contribution in [3.05, 3.63) is 29.1 Å². The molecule has 3 nitrogen and oxygen atoms in total. The molecule has 0 unspecified atom stereocenters. The van der Waals surface area contributed by atoms with Crippen molar-refractivity contribution in [2.75, 3.05) is 26.2 Å². The molecule has 1 fully saturated rings. The van der Waals surface area contributed by atoms with Crippen LogP contribution in [-0.2, 0) is 0 Å². The van der Waals surface area contributed by atoms with Crippen molar-refractivity contribution in [2.24, 2.45) is 0 Å². The summed E-state index contributed by atoms with van der Waals surface area (Å²) in [5.41, 5.74) is 0.249. The summed E-state index contributed by atoms with van der Waals surface area (Å²) in [4.78, 5) is 1.64. The minimum Gasteiger partial charge on any atom is -0.507 e. The number of nitrogens with zero attached hydrogens (tertiary/aromatic N) is 1. The normalized spacial score (nSPS) is 17.9. The molecule has 1 saturated heterocycles. The Morgan fingerprint density at radius 1 is 1.27 bits per heavy atom. The highest BCUT2D eigenvalue weighted by molar-refractivity contribution is 5.85. The van der Waals surface area contributed by atoms with Crippen molar-refractivity contribution in [1.29, 1.82) is 0 Å². The number of rotatable bonds is 3. The van der Waals surface area contributed by atoms with Crippen molar-refractivity contribution in [3.8, 4) is 5.75 Å². The zero-order valence-corrected chi connectivity index (χ0v) is 12.9. The maximum absolute atomic E-state index is 13.5. The zero-order chi connectivity index (χ0) is 15.6. The summed E-state index contributed by atoms with van der Waals surface area (Å²) in [5.74, 6) is -0.896. The first-order valence-corrected chi connectivity index (χ1v) is 6.78. The fourth-order valence-corrected chi connectivity index (χ4v) is 2.66. The molecule has 1 aromatic rings. The number of benzene rings is 1. The predicted octanol–water partition coefficient (Wildman–Crippen LogP) is 3.16. The minimum atomic E-state index is -4.39. The summed E-state index contributed by atoms with van der Waals surface area (Å²) in [6.45, 7) is 3.47. The zero-order valence-electron chi connectivity index (χ0n) is 12.1. The second-order valence-corrected chi connectivity index (χ2v) is 5.28. The van der Waals surface area contributed by atoms with Gasteiger partial charge < -0.3 is 10.4 Å². The number of aryl methyl sites for hydroxylation is 1. The molecule has 1 heterocycles. The van der Waals surface area contributed by atoms with Crippen LogP contribution in [0.2, 0.25) is 0 Å². The Kier molecular flexibility index (Phi) is 6.46. The molecule has 1 aromatic carbocycles. The van der Waals surface area contributed by atoms with Crippen molar-refractivity contribution in [1.82, 2.24) is 10.2 Å². The van der Waals surface area contributed by atoms with Crippen LogP contribution in [0.5, 0.6) is 5.75 Å². The SMILES string of the molecule is Cc1cc(F)cc([C@@H](CC(F)(F)F)N2CCNCC2)c1O.Cl. The van der Waals surface area contributed by atoms with Gasteiger partial charge in [0.05, 0.1) is 6.42 Å². The van der Waals surface area contributed by atoms with Crippen molar-refractivity contribution < 1.29 is 22.7 Å². The number of halogens is 5. The Balaban J connectivity index is 0.00000242. The lowest BCUT2D eigenvalue weighted by Crippen LogP contribution is -2.46. The van der Waals surface area contributed by atoms with Gasteiger partial charge in [-0.25, -0.2) is 4.39 Å². The van der Waals surface area contributed by atoms with E-state index in [-0.39, 0.29) is 29.3 Å². The molecule has 0 aliphatic carbocycles. The highest BCUT2D eigenvalue weighted by Crippen LogP contribution is 2.39. The highest BCUT2D eigenvalue weighted by Gasteiger charge is 2.37. The second-order valence-electron chi connectivity index (χ2n) is 5.28. The molecule has 0 radical (unpaired) electrons. The van der Waals surface area contributed by atoms with Crippen LogP contribution in [0.4, 0.5) is 17.6 Å². The summed E-state index contributed by atoms with van der Waals surface area (Å²) < 4.78 is 52.1. The fraction of sp³-hybridized carbons (Fsp3) is 0.571. The van der Waals surface area contributed by atoms with Crippen LogP contribution >= 0.6 is 12.4 Å². The monoisotopic (exact) mass is 342 g/mol. The lowest BCUT2D eigenvalue weighted by molar-refractivity contribution is -0.148. The van der Waals surface area contributed by atoms with E-state index < -0.39 is 24.5 Å². The number of piperazine rings is 1. The molecule has 1 aliphatic rings. The Hall–Kier alpha value is -1.05. The van der Waals surface area contributed by atoms with Crippen LogP contribution < -0.4 is 5.32 Å². The molecule has 2 N–H and O–H groups in total. The molecule has 0 spiro atoms. The van der Waals surface area contributed by atoms with Gasteiger partial charge in [-0.3, -0.25) is 4.90 Å². The van der Waals surface area contributed by atoms with E-state index in [0.717, 1.165) is 12.1 Å². The van der Waals surface area contributed by atoms with E-state index in [0.29, 0.717) is 26.2 Å². The van der Waals surface area contributed by atoms with Gasteiger partial charge in [-0.2, -0.15) is 13.2 Å². The average molecular weight is 343 g/mol. The largest absolute Gasteiger partial charge is 0.507 e. The second kappa shape index (κ2) is 7.48. The third kappa shape index (κ3) is 4.72. The molecule has 0 bridgehead atoms. The van der Waals surface area contributed by atoms with Crippen molar-refractivity contribution in [2.45, 2.75) is 25.6 Å². The van der Waals surface area contributed by atoms with Crippen LogP contribution in [0.15, 0.2) is 12.1 Å². The van der Waals surface area contributed by atoms with E-state index in [1.165, 1.54) is 6.92 Å². The van der Waals surface area contributed by atoms with Gasteiger partial charge in [0, 0.05) is 37.8 Å². The third-order valence-electron chi connectivity index (χ3n) is 3.67. The Bertz CT molecular complexity index is 504. The standard InChI is InChI=1S/C14H18F4N2O.ClH/c1-9-6-10(15)7-11(13(9)21)12(8-14(16,17)18)20-4-2-19-3-5-20;/h6-7,12,19,21H,2-5,8H2,1H3;1H/t12-;/m1./s1. The van der Waals surface area contributed by atoms with Crippen LogP contribution in [0.25, 0.3) is 0 Å². The molecule has 0 aromatic heterocycles. The van der Waals surface area contributed by atoms with Gasteiger partial charge in [0.1, 0.15) is 11.6 Å². The van der Waals surface area contributed by atoms with Gasteiger partial charge >= 0.3 is 6.18 Å². The minimum absolute atomic E-state index is 0. The maximum Gasteiger partial charge on any atom is 0.390 e. The number of hydrogen-bond donors (Lipinski definition) is 2. The van der Waals surface area contributed by atoms with Crippen molar-refractivity contribution >= 4 is 12.4 Å². The summed E-state index contributed by atoms with van der Waals surface area (Å²) in [6, 6.07) is 1.05. The fourth-order valence-electron chi connectivity index (χ4n) is 2.66. The Labute approximate surface area is 132 Å². The van der Waals surface area contributed by atoms with E-state index in [4.69, 9.17) is 0 Å². The average Bonchev–Trinajstić information content (AvgIpc) is 2.40. The van der Waals surface area contributed by atoms with E-state index in [2.05, 4.69) is 5.32 Å². The number of phenolic OH excluding ortho intramolecular Hbond substituents is 1. The molecule has 8 heteroatoms. The van der Waals surface area contributed by atoms with Gasteiger partial charge in [-0.15, -0.1) is 12.4 Å². The number of phenols is 1. The van der Waals surface area contributed by atoms with Crippen molar-refractivity contribution in [3.63, 3.8) is 0 Å². The number of alkyl halides is 3. The first-order valence-electron chi connectivity index (χ1n) is 6.78. The smallest absolute Gasteiger partial charge is 0.390 e. The van der Waals surface area contributed by atoms with Gasteiger partial charge in [0.25, 0.3) is 0 Å². The first-order chi connectivity index (χ1) is 9.78. The number of hydrogen-bond acceptors (Lipinski definition) is 3. The summed E-state index contributed by atoms with van der Waals surface area (Å²) >= 11 is 0. The van der Waals surface area contributed by atoms with Gasteiger partial charge in [-0.1, -0.05) is 0 Å². The van der Waals surface area contributed by atoms with E-state index >= 15 is 0 Å². The molecule has 126 valence electrons. The molecular formula is C14H19ClF4N2O. The molecular weight excluding hydrogens is 324 g/mol. The highest BCUT2D eigenvalue weighted by atomic mass is 35.5. The van der Waals surface area contributed by atoms with Crippen LogP contribution in [-0.4, -0.2) is 42.4 Å². The predicted molar refractivity (Wildman–Crippen MR) is 77.9 cm³/mol. The molecule has 1 aliphatic heterocycles. The van der Waals surface area contributed by atoms with E-state index in [1.54, 1.807) is 4.90 Å². The number of aromatic hydroxyl groups is 1. The van der Waals surface area contributed by atoms with E-state index in [1.807, 2.05) is 0 Å². The van der Waals surface area contributed by atoms with Crippen LogP contribution in [0.1, 0.15) is 23.6 Å².